The van der Waals surface area contributed by atoms with Crippen molar-refractivity contribution in [3.63, 3.8) is 0 Å². The second-order valence-corrected chi connectivity index (χ2v) is 9.75. The minimum absolute atomic E-state index is 0.00886. The van der Waals surface area contributed by atoms with Crippen molar-refractivity contribution in [1.82, 2.24) is 19.4 Å². The maximum absolute atomic E-state index is 13.6. The van der Waals surface area contributed by atoms with Gasteiger partial charge in [0.2, 0.25) is 5.88 Å². The van der Waals surface area contributed by atoms with Crippen LogP contribution in [0.1, 0.15) is 31.0 Å². The number of carbonyl (C=O) groups is 1. The highest BCUT2D eigenvalue weighted by molar-refractivity contribution is 5.95. The lowest BCUT2D eigenvalue weighted by atomic mass is 9.97. The van der Waals surface area contributed by atoms with Gasteiger partial charge in [-0.3, -0.25) is 9.69 Å². The van der Waals surface area contributed by atoms with Gasteiger partial charge in [-0.05, 0) is 75.3 Å². The SMILES string of the molecule is COC(=O)C1CCN(Cc2cc(Oc3ccc4c(ccn4C(C)=Nc4ccc(F)c(C(F)(F)F)c4)c3)ncn2)CC1. The van der Waals surface area contributed by atoms with Gasteiger partial charge in [-0.1, -0.05) is 0 Å². The first-order valence-corrected chi connectivity index (χ1v) is 12.9. The van der Waals surface area contributed by atoms with Crippen LogP contribution in [0.25, 0.3) is 10.9 Å². The summed E-state index contributed by atoms with van der Waals surface area (Å²) in [6.07, 6.45) is -0.145. The summed E-state index contributed by atoms with van der Waals surface area (Å²) in [4.78, 5) is 26.8. The number of hydrogen-bond donors (Lipinski definition) is 0. The third-order valence-corrected chi connectivity index (χ3v) is 6.99. The van der Waals surface area contributed by atoms with E-state index < -0.39 is 17.6 Å². The zero-order valence-electron chi connectivity index (χ0n) is 22.4. The van der Waals surface area contributed by atoms with Gasteiger partial charge in [-0.25, -0.2) is 19.4 Å². The molecule has 1 saturated heterocycles. The van der Waals surface area contributed by atoms with Crippen molar-refractivity contribution in [2.24, 2.45) is 10.9 Å². The number of likely N-dealkylation sites (tertiary alicyclic amines) is 1. The molecular weight excluding hydrogens is 542 g/mol. The van der Waals surface area contributed by atoms with Crippen molar-refractivity contribution in [3.05, 3.63) is 78.1 Å². The van der Waals surface area contributed by atoms with E-state index in [2.05, 4.69) is 19.9 Å². The highest BCUT2D eigenvalue weighted by Gasteiger charge is 2.34. The number of aliphatic imine (C=N–C) groups is 1. The van der Waals surface area contributed by atoms with E-state index in [1.807, 2.05) is 18.2 Å². The summed E-state index contributed by atoms with van der Waals surface area (Å²) < 4.78 is 65.5. The zero-order valence-corrected chi connectivity index (χ0v) is 22.4. The van der Waals surface area contributed by atoms with E-state index in [1.54, 1.807) is 29.8 Å². The molecule has 1 aliphatic rings. The van der Waals surface area contributed by atoms with E-state index in [4.69, 9.17) is 9.47 Å². The largest absolute Gasteiger partial charge is 0.469 e. The van der Waals surface area contributed by atoms with Gasteiger partial charge >= 0.3 is 12.1 Å². The number of halogens is 4. The Morgan fingerprint density at radius 2 is 1.85 bits per heavy atom. The van der Waals surface area contributed by atoms with Gasteiger partial charge < -0.3 is 14.0 Å². The van der Waals surface area contributed by atoms with E-state index in [9.17, 15) is 22.4 Å². The van der Waals surface area contributed by atoms with Gasteiger partial charge in [0, 0.05) is 24.2 Å². The number of ether oxygens (including phenoxy) is 2. The zero-order chi connectivity index (χ0) is 29.1. The Balaban J connectivity index is 1.27. The smallest absolute Gasteiger partial charge is 0.419 e. The number of hydrogen-bond acceptors (Lipinski definition) is 7. The second-order valence-electron chi connectivity index (χ2n) is 9.75. The first-order chi connectivity index (χ1) is 19.6. The summed E-state index contributed by atoms with van der Waals surface area (Å²) in [7, 11) is 1.41. The van der Waals surface area contributed by atoms with Crippen molar-refractivity contribution < 1.29 is 31.8 Å². The fraction of sp³-hybridized carbons (Fsp3) is 0.310. The van der Waals surface area contributed by atoms with Crippen LogP contribution in [0.5, 0.6) is 11.6 Å². The molecule has 2 aromatic heterocycles. The Labute approximate surface area is 233 Å². The molecule has 1 aliphatic heterocycles. The number of rotatable bonds is 6. The minimum atomic E-state index is -4.81. The van der Waals surface area contributed by atoms with Crippen molar-refractivity contribution in [3.8, 4) is 11.6 Å². The predicted molar refractivity (Wildman–Crippen MR) is 144 cm³/mol. The van der Waals surface area contributed by atoms with Crippen molar-refractivity contribution in [2.75, 3.05) is 20.2 Å². The van der Waals surface area contributed by atoms with Crippen LogP contribution in [0.4, 0.5) is 23.2 Å². The maximum atomic E-state index is 13.6. The summed E-state index contributed by atoms with van der Waals surface area (Å²) in [6.45, 7) is 3.79. The molecule has 8 nitrogen and oxygen atoms in total. The molecule has 5 rings (SSSR count). The third kappa shape index (κ3) is 6.54. The summed E-state index contributed by atoms with van der Waals surface area (Å²) in [6, 6.07) is 11.6. The number of methoxy groups -OCH3 is 1. The standard InChI is InChI=1S/C29H27F4N5O3/c1-18(36-21-3-5-25(30)24(14-21)29(31,32)33)38-12-9-20-13-23(4-6-26(20)38)41-27-15-22(34-17-35-27)16-37-10-7-19(8-11-37)28(39)40-2/h3-6,9,12-15,17,19H,7-8,10-11,16H2,1-2H3. The predicted octanol–water partition coefficient (Wildman–Crippen LogP) is 6.36. The molecule has 0 bridgehead atoms. The number of aromatic nitrogens is 3. The molecular formula is C29H27F4N5O3. The van der Waals surface area contributed by atoms with Crippen LogP contribution in [-0.4, -0.2) is 51.4 Å². The molecule has 0 spiro atoms. The molecule has 4 aromatic rings. The lowest BCUT2D eigenvalue weighted by Gasteiger charge is -2.30. The Morgan fingerprint density at radius 3 is 2.59 bits per heavy atom. The highest BCUT2D eigenvalue weighted by Crippen LogP contribution is 2.34. The van der Waals surface area contributed by atoms with Crippen molar-refractivity contribution in [2.45, 2.75) is 32.5 Å². The maximum Gasteiger partial charge on any atom is 0.419 e. The highest BCUT2D eigenvalue weighted by atomic mass is 19.4. The molecule has 0 saturated carbocycles. The Morgan fingerprint density at radius 1 is 1.07 bits per heavy atom. The average molecular weight is 570 g/mol. The average Bonchev–Trinajstić information content (AvgIpc) is 3.37. The van der Waals surface area contributed by atoms with E-state index in [1.165, 1.54) is 19.5 Å². The molecule has 2 aromatic carbocycles. The first-order valence-electron chi connectivity index (χ1n) is 12.9. The van der Waals surface area contributed by atoms with Gasteiger partial charge in [0.1, 0.15) is 23.7 Å². The van der Waals surface area contributed by atoms with Crippen LogP contribution in [0.2, 0.25) is 0 Å². The van der Waals surface area contributed by atoms with Crippen LogP contribution >= 0.6 is 0 Å². The van der Waals surface area contributed by atoms with Crippen LogP contribution in [-0.2, 0) is 22.3 Å². The minimum Gasteiger partial charge on any atom is -0.469 e. The van der Waals surface area contributed by atoms with E-state index in [0.29, 0.717) is 30.1 Å². The van der Waals surface area contributed by atoms with Gasteiger partial charge in [-0.2, -0.15) is 13.2 Å². The molecule has 0 radical (unpaired) electrons. The molecule has 3 heterocycles. The second kappa shape index (κ2) is 11.7. The normalized spacial score (nSPS) is 15.3. The van der Waals surface area contributed by atoms with Crippen LogP contribution in [0, 0.1) is 11.7 Å². The Kier molecular flexibility index (Phi) is 8.02. The number of alkyl halides is 3. The Bertz CT molecular complexity index is 1590. The summed E-state index contributed by atoms with van der Waals surface area (Å²) in [5.41, 5.74) is 0.183. The topological polar surface area (TPSA) is 81.8 Å². The molecule has 1 fully saturated rings. The molecule has 0 amide bonds. The van der Waals surface area contributed by atoms with E-state index in [0.717, 1.165) is 48.6 Å². The van der Waals surface area contributed by atoms with Gasteiger partial charge in [-0.15, -0.1) is 0 Å². The first kappa shape index (κ1) is 28.2. The van der Waals surface area contributed by atoms with Crippen molar-refractivity contribution in [1.29, 1.82) is 0 Å². The number of fused-ring (bicyclic) bond motifs is 1. The van der Waals surface area contributed by atoms with Crippen molar-refractivity contribution >= 4 is 28.4 Å². The molecule has 41 heavy (non-hydrogen) atoms. The van der Waals surface area contributed by atoms with Gasteiger partial charge in [0.25, 0.3) is 0 Å². The molecule has 12 heteroatoms. The lowest BCUT2D eigenvalue weighted by molar-refractivity contribution is -0.147. The van der Waals surface area contributed by atoms with Crippen LogP contribution < -0.4 is 4.74 Å². The fourth-order valence-electron chi connectivity index (χ4n) is 4.87. The molecule has 0 atom stereocenters. The molecule has 214 valence electrons. The van der Waals surface area contributed by atoms with Gasteiger partial charge in [0.15, 0.2) is 0 Å². The fourth-order valence-corrected chi connectivity index (χ4v) is 4.87. The van der Waals surface area contributed by atoms with E-state index in [-0.39, 0.29) is 17.6 Å². The summed E-state index contributed by atoms with van der Waals surface area (Å²) in [5, 5.41) is 0.815. The van der Waals surface area contributed by atoms with Gasteiger partial charge in [0.05, 0.1) is 35.5 Å². The van der Waals surface area contributed by atoms with E-state index >= 15 is 0 Å². The Hall–Kier alpha value is -4.32. The molecule has 0 aliphatic carbocycles. The molecule has 0 N–H and O–H groups in total. The number of carbonyl (C=O) groups excluding carboxylic acids is 1. The van der Waals surface area contributed by atoms with Crippen LogP contribution in [0.3, 0.4) is 0 Å². The monoisotopic (exact) mass is 569 g/mol. The number of nitrogens with zero attached hydrogens (tertiary/aromatic N) is 5. The summed E-state index contributed by atoms with van der Waals surface area (Å²) >= 11 is 0. The lowest BCUT2D eigenvalue weighted by Crippen LogP contribution is -2.36. The third-order valence-electron chi connectivity index (χ3n) is 6.99. The summed E-state index contributed by atoms with van der Waals surface area (Å²) in [5.74, 6) is -0.238. The number of esters is 1. The number of piperidine rings is 1. The quantitative estimate of drug-likeness (QED) is 0.116. The molecule has 0 unspecified atom stereocenters. The van der Waals surface area contributed by atoms with Crippen LogP contribution in [0.15, 0.2) is 66.0 Å². The number of benzene rings is 2.